The third-order valence-corrected chi connectivity index (χ3v) is 8.67. The number of fused-ring (bicyclic) bond motifs is 2. The molecule has 0 atom stereocenters. The monoisotopic (exact) mass is 557 g/mol. The van der Waals surface area contributed by atoms with Crippen LogP contribution in [-0.4, -0.2) is 98.0 Å². The molecule has 2 fully saturated rings. The van der Waals surface area contributed by atoms with E-state index >= 15 is 4.39 Å². The number of likely N-dealkylation sites (tertiary alicyclic amines) is 1. The number of carbonyl (C=O) groups excluding carboxylic acids is 2. The Bertz CT molecular complexity index is 1460. The molecule has 2 saturated heterocycles. The van der Waals surface area contributed by atoms with Crippen molar-refractivity contribution in [2.24, 2.45) is 0 Å². The van der Waals surface area contributed by atoms with Crippen LogP contribution in [0, 0.1) is 5.82 Å². The van der Waals surface area contributed by atoms with Gasteiger partial charge < -0.3 is 24.9 Å². The van der Waals surface area contributed by atoms with Crippen molar-refractivity contribution in [3.63, 3.8) is 0 Å². The number of aromatic nitrogens is 1. The summed E-state index contributed by atoms with van der Waals surface area (Å²) < 4.78 is 15.3. The van der Waals surface area contributed by atoms with Crippen LogP contribution in [0.4, 0.5) is 33.0 Å². The molecular weight excluding hydrogens is 521 g/mol. The average molecular weight is 558 g/mol. The zero-order valence-corrected chi connectivity index (χ0v) is 23.8. The first-order valence-corrected chi connectivity index (χ1v) is 14.2. The van der Waals surface area contributed by atoms with Crippen molar-refractivity contribution in [3.05, 3.63) is 71.7 Å². The van der Waals surface area contributed by atoms with Gasteiger partial charge in [0.25, 0.3) is 11.8 Å². The fraction of sp³-hybridized carbons (Fsp3) is 0.387. The molecule has 3 aliphatic rings. The Balaban J connectivity index is 1.14. The summed E-state index contributed by atoms with van der Waals surface area (Å²) in [6.45, 7) is 5.24. The van der Waals surface area contributed by atoms with Gasteiger partial charge in [0.05, 0.1) is 34.5 Å². The quantitative estimate of drug-likeness (QED) is 0.516. The van der Waals surface area contributed by atoms with Gasteiger partial charge >= 0.3 is 0 Å². The van der Waals surface area contributed by atoms with Crippen LogP contribution >= 0.6 is 0 Å². The van der Waals surface area contributed by atoms with Crippen molar-refractivity contribution < 1.29 is 14.0 Å². The number of hydrogen-bond acceptors (Lipinski definition) is 7. The van der Waals surface area contributed by atoms with E-state index in [2.05, 4.69) is 27.1 Å². The number of para-hydroxylation sites is 1. The van der Waals surface area contributed by atoms with Crippen LogP contribution in [0.5, 0.6) is 0 Å². The Kier molecular flexibility index (Phi) is 7.35. The summed E-state index contributed by atoms with van der Waals surface area (Å²) in [5, 5.41) is 3.05. The predicted molar refractivity (Wildman–Crippen MR) is 159 cm³/mol. The zero-order valence-electron chi connectivity index (χ0n) is 23.8. The minimum absolute atomic E-state index is 0.122. The summed E-state index contributed by atoms with van der Waals surface area (Å²) >= 11 is 0. The Morgan fingerprint density at radius 1 is 0.878 bits per heavy atom. The second-order valence-corrected chi connectivity index (χ2v) is 11.2. The minimum Gasteiger partial charge on any atom is -0.342 e. The van der Waals surface area contributed by atoms with Crippen LogP contribution in [0.25, 0.3) is 0 Å². The van der Waals surface area contributed by atoms with Gasteiger partial charge in [0.2, 0.25) is 0 Å². The number of piperidine rings is 1. The molecule has 3 aromatic rings. The Morgan fingerprint density at radius 2 is 1.61 bits per heavy atom. The molecule has 1 N–H and O–H groups in total. The number of nitrogens with one attached hydrogen (secondary N) is 1. The third-order valence-electron chi connectivity index (χ3n) is 8.67. The second-order valence-electron chi connectivity index (χ2n) is 11.2. The predicted octanol–water partition coefficient (Wildman–Crippen LogP) is 4.17. The van der Waals surface area contributed by atoms with E-state index in [4.69, 9.17) is 0 Å². The molecule has 10 heteroatoms. The highest BCUT2D eigenvalue weighted by atomic mass is 19.1. The van der Waals surface area contributed by atoms with Gasteiger partial charge in [-0.2, -0.15) is 0 Å². The molecule has 2 aromatic carbocycles. The third kappa shape index (κ3) is 5.25. The summed E-state index contributed by atoms with van der Waals surface area (Å²) in [6, 6.07) is 14.4. The Morgan fingerprint density at radius 3 is 2.34 bits per heavy atom. The first-order valence-electron chi connectivity index (χ1n) is 14.2. The summed E-state index contributed by atoms with van der Waals surface area (Å²) in [6.07, 6.45) is 3.95. The van der Waals surface area contributed by atoms with E-state index in [0.29, 0.717) is 41.8 Å². The Labute approximate surface area is 240 Å². The molecule has 1 aromatic heterocycles. The number of pyridine rings is 1. The molecule has 0 spiro atoms. The summed E-state index contributed by atoms with van der Waals surface area (Å²) in [4.78, 5) is 40.9. The highest BCUT2D eigenvalue weighted by Gasteiger charge is 2.30. The van der Waals surface area contributed by atoms with Crippen LogP contribution < -0.4 is 15.1 Å². The fourth-order valence-corrected chi connectivity index (χ4v) is 6.12. The van der Waals surface area contributed by atoms with Crippen molar-refractivity contribution in [1.29, 1.82) is 0 Å². The zero-order chi connectivity index (χ0) is 28.7. The molecule has 0 unspecified atom stereocenters. The lowest BCUT2D eigenvalue weighted by Crippen LogP contribution is -2.54. The summed E-state index contributed by atoms with van der Waals surface area (Å²) in [7, 11) is 5.77. The number of halogens is 1. The second kappa shape index (κ2) is 11.1. The molecule has 0 radical (unpaired) electrons. The topological polar surface area (TPSA) is 75.3 Å². The fourth-order valence-electron chi connectivity index (χ4n) is 6.12. The van der Waals surface area contributed by atoms with Gasteiger partial charge in [-0.15, -0.1) is 0 Å². The van der Waals surface area contributed by atoms with Crippen molar-refractivity contribution in [3.8, 4) is 0 Å². The lowest BCUT2D eigenvalue weighted by molar-refractivity contribution is 0.0475. The standard InChI is InChI=1S/C31H36FN7O2/c1-35-12-10-22(11-13-35)38-14-16-39(17-15-38)30(40)21-8-9-25(24(32)18-21)34-29-19-27-28(20-33-29)37(3)31(41)23-6-4-5-7-26(23)36(27)2/h4-9,18-20,22H,10-17H2,1-3H3,(H,33,34). The lowest BCUT2D eigenvalue weighted by atomic mass is 10.0. The van der Waals surface area contributed by atoms with Crippen molar-refractivity contribution in [1.82, 2.24) is 19.7 Å². The van der Waals surface area contributed by atoms with Gasteiger partial charge in [0.1, 0.15) is 11.6 Å². The first kappa shape index (κ1) is 27.2. The van der Waals surface area contributed by atoms with Gasteiger partial charge in [-0.25, -0.2) is 9.37 Å². The lowest BCUT2D eigenvalue weighted by Gasteiger charge is -2.42. The first-order chi connectivity index (χ1) is 19.8. The summed E-state index contributed by atoms with van der Waals surface area (Å²) in [5.41, 5.74) is 3.35. The maximum Gasteiger partial charge on any atom is 0.260 e. The van der Waals surface area contributed by atoms with Crippen LogP contribution in [0.15, 0.2) is 54.7 Å². The van der Waals surface area contributed by atoms with E-state index in [9.17, 15) is 9.59 Å². The molecule has 3 aliphatic heterocycles. The molecule has 4 heterocycles. The number of hydrogen-bond donors (Lipinski definition) is 1. The maximum atomic E-state index is 15.3. The van der Waals surface area contributed by atoms with Crippen LogP contribution in [0.1, 0.15) is 33.6 Å². The van der Waals surface area contributed by atoms with E-state index in [1.807, 2.05) is 35.0 Å². The number of carbonyl (C=O) groups is 2. The normalized spacial score (nSPS) is 18.6. The highest BCUT2D eigenvalue weighted by molar-refractivity contribution is 6.13. The Hall–Kier alpha value is -4.02. The largest absolute Gasteiger partial charge is 0.342 e. The van der Waals surface area contributed by atoms with E-state index in [1.165, 1.54) is 18.9 Å². The van der Waals surface area contributed by atoms with E-state index in [1.54, 1.807) is 42.4 Å². The molecule has 6 rings (SSSR count). The number of nitrogens with zero attached hydrogens (tertiary/aromatic N) is 6. The van der Waals surface area contributed by atoms with E-state index in [0.717, 1.165) is 37.6 Å². The smallest absolute Gasteiger partial charge is 0.260 e. The van der Waals surface area contributed by atoms with E-state index < -0.39 is 5.82 Å². The van der Waals surface area contributed by atoms with Crippen LogP contribution in [0.2, 0.25) is 0 Å². The van der Waals surface area contributed by atoms with Gasteiger partial charge in [-0.3, -0.25) is 14.5 Å². The van der Waals surface area contributed by atoms with Crippen molar-refractivity contribution in [2.75, 3.05) is 75.5 Å². The number of amides is 2. The number of rotatable bonds is 4. The average Bonchev–Trinajstić information content (AvgIpc) is 3.08. The molecule has 214 valence electrons. The number of piperazine rings is 1. The molecule has 0 bridgehead atoms. The van der Waals surface area contributed by atoms with Crippen LogP contribution in [-0.2, 0) is 0 Å². The molecule has 0 aliphatic carbocycles. The SMILES string of the molecule is CN1CCC(N2CCN(C(=O)c3ccc(Nc4cc5c(cn4)N(C)C(=O)c4ccccc4N5C)c(F)c3)CC2)CC1. The van der Waals surface area contributed by atoms with E-state index in [-0.39, 0.29) is 17.5 Å². The minimum atomic E-state index is -0.524. The molecule has 9 nitrogen and oxygen atoms in total. The van der Waals surface area contributed by atoms with Gasteiger partial charge in [-0.05, 0) is 63.3 Å². The van der Waals surface area contributed by atoms with Gasteiger partial charge in [-0.1, -0.05) is 12.1 Å². The molecule has 41 heavy (non-hydrogen) atoms. The maximum absolute atomic E-state index is 15.3. The summed E-state index contributed by atoms with van der Waals surface area (Å²) in [5.74, 6) is -0.361. The number of benzene rings is 2. The van der Waals surface area contributed by atoms with Gasteiger partial charge in [0.15, 0.2) is 0 Å². The number of anilines is 5. The van der Waals surface area contributed by atoms with Gasteiger partial charge in [0, 0.05) is 57.9 Å². The molecular formula is C31H36FN7O2. The molecule has 0 saturated carbocycles. The molecule has 2 amide bonds. The van der Waals surface area contributed by atoms with Crippen molar-refractivity contribution in [2.45, 2.75) is 18.9 Å². The highest BCUT2D eigenvalue weighted by Crippen LogP contribution is 2.40. The van der Waals surface area contributed by atoms with Crippen molar-refractivity contribution >= 4 is 40.4 Å². The van der Waals surface area contributed by atoms with Crippen LogP contribution in [0.3, 0.4) is 0 Å².